The third kappa shape index (κ3) is 3.52. The van der Waals surface area contributed by atoms with Crippen LogP contribution in [0.25, 0.3) is 10.9 Å². The lowest BCUT2D eigenvalue weighted by Gasteiger charge is -2.06. The molecule has 2 aromatic rings. The summed E-state index contributed by atoms with van der Waals surface area (Å²) in [6.45, 7) is 9.38. The summed E-state index contributed by atoms with van der Waals surface area (Å²) in [6.07, 6.45) is 0. The van der Waals surface area contributed by atoms with Gasteiger partial charge in [-0.2, -0.15) is 0 Å². The van der Waals surface area contributed by atoms with E-state index in [9.17, 15) is 13.6 Å². The number of H-pyrrole nitrogens is 2. The van der Waals surface area contributed by atoms with Crippen LogP contribution in [-0.4, -0.2) is 9.97 Å². The Balaban J connectivity index is 0.000000829. The van der Waals surface area contributed by atoms with Gasteiger partial charge in [-0.15, -0.1) is 0 Å². The van der Waals surface area contributed by atoms with E-state index in [4.69, 9.17) is 12.2 Å². The van der Waals surface area contributed by atoms with E-state index >= 15 is 0 Å². The van der Waals surface area contributed by atoms with Crippen molar-refractivity contribution in [3.8, 4) is 0 Å². The molecule has 1 heterocycles. The van der Waals surface area contributed by atoms with Gasteiger partial charge >= 0.3 is 0 Å². The summed E-state index contributed by atoms with van der Waals surface area (Å²) in [5.41, 5.74) is -0.935. The van der Waals surface area contributed by atoms with Gasteiger partial charge < -0.3 is 4.98 Å². The summed E-state index contributed by atoms with van der Waals surface area (Å²) in [4.78, 5) is 16.1. The monoisotopic (exact) mass is 366 g/mol. The molecule has 20 heavy (non-hydrogen) atoms. The molecule has 0 unspecified atom stereocenters. The first kappa shape index (κ1) is 18.9. The molecule has 0 radical (unpaired) electrons. The Morgan fingerprint density at radius 2 is 1.55 bits per heavy atom. The van der Waals surface area contributed by atoms with Crippen LogP contribution in [0.1, 0.15) is 33.3 Å². The Bertz CT molecular complexity index is 710. The molecule has 0 atom stereocenters. The van der Waals surface area contributed by atoms with E-state index in [0.717, 1.165) is 0 Å². The summed E-state index contributed by atoms with van der Waals surface area (Å²) in [6, 6.07) is 0. The Kier molecular flexibility index (Phi) is 7.82. The number of benzene rings is 1. The highest BCUT2D eigenvalue weighted by molar-refractivity contribution is 9.10. The quantitative estimate of drug-likeness (QED) is 0.509. The van der Waals surface area contributed by atoms with Crippen molar-refractivity contribution in [1.82, 2.24) is 9.97 Å². The number of fused-ring (bicyclic) bond motifs is 1. The Morgan fingerprint density at radius 3 is 2.05 bits per heavy atom. The lowest BCUT2D eigenvalue weighted by Crippen LogP contribution is -2.12. The minimum atomic E-state index is -0.768. The van der Waals surface area contributed by atoms with E-state index in [1.807, 2.05) is 27.7 Å². The van der Waals surface area contributed by atoms with Crippen LogP contribution < -0.4 is 5.56 Å². The van der Waals surface area contributed by atoms with E-state index in [-0.39, 0.29) is 25.7 Å². The van der Waals surface area contributed by atoms with Crippen molar-refractivity contribution in [1.29, 1.82) is 0 Å². The fraction of sp³-hybridized carbons (Fsp3) is 0.385. The van der Waals surface area contributed by atoms with Crippen molar-refractivity contribution in [2.75, 3.05) is 0 Å². The third-order valence-electron chi connectivity index (χ3n) is 2.23. The predicted molar refractivity (Wildman–Crippen MR) is 84.8 cm³/mol. The number of halogens is 3. The SMILES string of the molecule is CC.CC.Cc1c(Br)c(F)c2[nH]c(=S)[nH]c(=O)c2c1F. The molecule has 7 heteroatoms. The first-order valence-corrected chi connectivity index (χ1v) is 7.43. The number of nitrogens with one attached hydrogen (secondary N) is 2. The fourth-order valence-corrected chi connectivity index (χ4v) is 1.99. The van der Waals surface area contributed by atoms with Crippen LogP contribution in [0.15, 0.2) is 9.27 Å². The second-order valence-corrected chi connectivity index (χ2v) is 4.43. The summed E-state index contributed by atoms with van der Waals surface area (Å²) in [7, 11) is 0. The Hall–Kier alpha value is -1.08. The number of rotatable bonds is 0. The number of hydrogen-bond donors (Lipinski definition) is 2. The van der Waals surface area contributed by atoms with Crippen LogP contribution in [0.3, 0.4) is 0 Å². The van der Waals surface area contributed by atoms with Crippen LogP contribution in [0.4, 0.5) is 8.78 Å². The molecule has 2 N–H and O–H groups in total. The van der Waals surface area contributed by atoms with Crippen LogP contribution in [-0.2, 0) is 0 Å². The van der Waals surface area contributed by atoms with E-state index in [0.29, 0.717) is 0 Å². The molecule has 0 aliphatic heterocycles. The summed E-state index contributed by atoms with van der Waals surface area (Å²) in [5.74, 6) is -1.50. The average Bonchev–Trinajstić information content (AvgIpc) is 2.46. The zero-order chi connectivity index (χ0) is 16.0. The molecule has 0 saturated carbocycles. The van der Waals surface area contributed by atoms with Crippen molar-refractivity contribution < 1.29 is 8.78 Å². The van der Waals surface area contributed by atoms with E-state index in [1.165, 1.54) is 6.92 Å². The molecular formula is C13H17BrF2N2OS. The van der Waals surface area contributed by atoms with Gasteiger partial charge in [0.25, 0.3) is 5.56 Å². The smallest absolute Gasteiger partial charge is 0.262 e. The van der Waals surface area contributed by atoms with Gasteiger partial charge in [0.2, 0.25) is 0 Å². The maximum absolute atomic E-state index is 13.8. The largest absolute Gasteiger partial charge is 0.329 e. The topological polar surface area (TPSA) is 48.6 Å². The minimum Gasteiger partial charge on any atom is -0.329 e. The van der Waals surface area contributed by atoms with Gasteiger partial charge in [0.15, 0.2) is 10.6 Å². The average molecular weight is 367 g/mol. The molecule has 2 rings (SSSR count). The van der Waals surface area contributed by atoms with E-state index in [2.05, 4.69) is 25.9 Å². The fourth-order valence-electron chi connectivity index (χ4n) is 1.42. The summed E-state index contributed by atoms with van der Waals surface area (Å²) in [5, 5.41) is -0.355. The predicted octanol–water partition coefficient (Wildman–Crippen LogP) is 4.99. The zero-order valence-corrected chi connectivity index (χ0v) is 14.4. The molecule has 3 nitrogen and oxygen atoms in total. The van der Waals surface area contributed by atoms with Gasteiger partial charge in [0, 0.05) is 5.56 Å². The first-order chi connectivity index (χ1) is 9.43. The van der Waals surface area contributed by atoms with Crippen LogP contribution >= 0.6 is 28.1 Å². The molecule has 0 amide bonds. The number of aromatic nitrogens is 2. The van der Waals surface area contributed by atoms with Gasteiger partial charge in [-0.3, -0.25) is 9.78 Å². The molecule has 1 aromatic heterocycles. The van der Waals surface area contributed by atoms with Crippen LogP contribution in [0.5, 0.6) is 0 Å². The second-order valence-electron chi connectivity index (χ2n) is 3.23. The van der Waals surface area contributed by atoms with Gasteiger partial charge in [-0.1, -0.05) is 27.7 Å². The van der Waals surface area contributed by atoms with Crippen molar-refractivity contribution in [2.45, 2.75) is 34.6 Å². The van der Waals surface area contributed by atoms with Crippen molar-refractivity contribution in [3.63, 3.8) is 0 Å². The first-order valence-electron chi connectivity index (χ1n) is 6.23. The minimum absolute atomic E-state index is 0.0197. The molecule has 0 saturated heterocycles. The standard InChI is InChI=1S/C9H5BrF2N2OS.2C2H6/c1-2-4(10)6(12)7-3(5(2)11)8(15)14-9(16)13-7;2*1-2/h1H3,(H2,13,14,15,16);2*1-2H3. The lowest BCUT2D eigenvalue weighted by atomic mass is 10.1. The highest BCUT2D eigenvalue weighted by Gasteiger charge is 2.18. The molecular weight excluding hydrogens is 350 g/mol. The normalized spacial score (nSPS) is 9.40. The Labute approximate surface area is 129 Å². The van der Waals surface area contributed by atoms with Crippen molar-refractivity contribution in [2.24, 2.45) is 0 Å². The molecule has 112 valence electrons. The highest BCUT2D eigenvalue weighted by Crippen LogP contribution is 2.28. The van der Waals surface area contributed by atoms with E-state index < -0.39 is 17.2 Å². The summed E-state index contributed by atoms with van der Waals surface area (Å²) < 4.78 is 27.4. The van der Waals surface area contributed by atoms with Gasteiger partial charge in [-0.25, -0.2) is 8.78 Å². The maximum atomic E-state index is 13.8. The summed E-state index contributed by atoms with van der Waals surface area (Å²) >= 11 is 7.61. The molecule has 0 spiro atoms. The van der Waals surface area contributed by atoms with E-state index in [1.54, 1.807) is 0 Å². The van der Waals surface area contributed by atoms with Crippen LogP contribution in [0.2, 0.25) is 0 Å². The molecule has 0 fully saturated rings. The lowest BCUT2D eigenvalue weighted by molar-refractivity contribution is 0.600. The van der Waals surface area contributed by atoms with Crippen molar-refractivity contribution >= 4 is 39.1 Å². The van der Waals surface area contributed by atoms with Crippen molar-refractivity contribution in [3.05, 3.63) is 36.8 Å². The Morgan fingerprint density at radius 1 is 1.05 bits per heavy atom. The number of aromatic amines is 2. The maximum Gasteiger partial charge on any atom is 0.262 e. The molecule has 1 aromatic carbocycles. The zero-order valence-electron chi connectivity index (χ0n) is 12.0. The van der Waals surface area contributed by atoms with Gasteiger partial charge in [0.05, 0.1) is 9.99 Å². The van der Waals surface area contributed by atoms with Gasteiger partial charge in [0.1, 0.15) is 11.2 Å². The molecule has 0 aliphatic carbocycles. The molecule has 0 bridgehead atoms. The second kappa shape index (κ2) is 8.26. The number of hydrogen-bond acceptors (Lipinski definition) is 2. The third-order valence-corrected chi connectivity index (χ3v) is 3.38. The van der Waals surface area contributed by atoms with Gasteiger partial charge in [-0.05, 0) is 35.1 Å². The molecule has 0 aliphatic rings. The highest BCUT2D eigenvalue weighted by atomic mass is 79.9. The van der Waals surface area contributed by atoms with Crippen LogP contribution in [0, 0.1) is 23.3 Å².